The second-order valence-corrected chi connectivity index (χ2v) is 6.48. The number of amides is 1. The van der Waals surface area contributed by atoms with Crippen LogP contribution in [0.1, 0.15) is 21.7 Å². The van der Waals surface area contributed by atoms with Gasteiger partial charge in [0.15, 0.2) is 11.4 Å². The van der Waals surface area contributed by atoms with E-state index in [0.717, 1.165) is 30.0 Å². The lowest BCUT2D eigenvalue weighted by molar-refractivity contribution is -0.143. The molecule has 1 amide bonds. The number of carbonyl (C=O) groups excluding carboxylic acids is 1. The lowest BCUT2D eigenvalue weighted by atomic mass is 10.2. The normalized spacial score (nSPS) is 11.5. The van der Waals surface area contributed by atoms with Crippen molar-refractivity contribution in [2.24, 2.45) is 0 Å². The second-order valence-electron chi connectivity index (χ2n) is 6.48. The van der Waals surface area contributed by atoms with Crippen LogP contribution in [0.2, 0.25) is 0 Å². The second kappa shape index (κ2) is 8.01. The zero-order chi connectivity index (χ0) is 22.0. The van der Waals surface area contributed by atoms with Crippen LogP contribution in [0.25, 0.3) is 11.4 Å². The first-order chi connectivity index (χ1) is 14.8. The highest BCUT2D eigenvalue weighted by Crippen LogP contribution is 2.32. The van der Waals surface area contributed by atoms with E-state index in [0.29, 0.717) is 10.2 Å². The van der Waals surface area contributed by atoms with Crippen molar-refractivity contribution in [2.75, 3.05) is 0 Å². The molecular weight excluding hydrogens is 416 g/mol. The Balaban J connectivity index is 1.55. The van der Waals surface area contributed by atoms with Crippen molar-refractivity contribution in [1.29, 1.82) is 0 Å². The van der Waals surface area contributed by atoms with Crippen molar-refractivity contribution in [3.63, 3.8) is 0 Å². The van der Waals surface area contributed by atoms with E-state index < -0.39 is 29.3 Å². The fourth-order valence-corrected chi connectivity index (χ4v) is 2.89. The Morgan fingerprint density at radius 1 is 1.00 bits per heavy atom. The minimum atomic E-state index is -4.91. The summed E-state index contributed by atoms with van der Waals surface area (Å²) in [6.07, 6.45) is -1.77. The van der Waals surface area contributed by atoms with E-state index in [9.17, 15) is 22.4 Å². The van der Waals surface area contributed by atoms with Crippen LogP contribution in [0, 0.1) is 5.82 Å². The molecule has 0 spiro atoms. The number of alkyl halides is 3. The molecule has 1 N–H and O–H groups in total. The van der Waals surface area contributed by atoms with Gasteiger partial charge in [-0.25, -0.2) is 13.8 Å². The summed E-state index contributed by atoms with van der Waals surface area (Å²) >= 11 is 0. The number of aromatic nitrogens is 5. The number of nitrogens with one attached hydrogen (secondary N) is 1. The largest absolute Gasteiger partial charge is 0.435 e. The molecule has 0 atom stereocenters. The average Bonchev–Trinajstić information content (AvgIpc) is 3.41. The van der Waals surface area contributed by atoms with E-state index in [1.807, 2.05) is 30.3 Å². The minimum absolute atomic E-state index is 0.0631. The van der Waals surface area contributed by atoms with Gasteiger partial charge in [-0.05, 0) is 36.4 Å². The first kappa shape index (κ1) is 20.3. The van der Waals surface area contributed by atoms with Gasteiger partial charge in [0.05, 0.1) is 17.6 Å². The maximum atomic E-state index is 13.7. The topological polar surface area (TPSA) is 77.6 Å². The third kappa shape index (κ3) is 4.29. The molecule has 158 valence electrons. The Bertz CT molecular complexity index is 1200. The predicted molar refractivity (Wildman–Crippen MR) is 101 cm³/mol. The van der Waals surface area contributed by atoms with Gasteiger partial charge in [0, 0.05) is 18.3 Å². The Morgan fingerprint density at radius 3 is 2.39 bits per heavy atom. The summed E-state index contributed by atoms with van der Waals surface area (Å²) in [5, 5.41) is 13.4. The van der Waals surface area contributed by atoms with Gasteiger partial charge in [0.25, 0.3) is 5.91 Å². The molecule has 0 aliphatic rings. The van der Waals surface area contributed by atoms with Crippen molar-refractivity contribution in [3.05, 3.63) is 89.8 Å². The molecule has 0 bridgehead atoms. The highest BCUT2D eigenvalue weighted by Gasteiger charge is 2.42. The Kier molecular flexibility index (Phi) is 5.24. The fourth-order valence-electron chi connectivity index (χ4n) is 2.89. The van der Waals surface area contributed by atoms with Crippen LogP contribution >= 0.6 is 0 Å². The summed E-state index contributed by atoms with van der Waals surface area (Å²) in [4.78, 5) is 12.4. The van der Waals surface area contributed by atoms with Crippen LogP contribution < -0.4 is 5.32 Å². The quantitative estimate of drug-likeness (QED) is 0.492. The highest BCUT2D eigenvalue weighted by atomic mass is 19.4. The molecule has 2 aromatic heterocycles. The molecule has 7 nitrogen and oxygen atoms in total. The van der Waals surface area contributed by atoms with E-state index in [4.69, 9.17) is 0 Å². The van der Waals surface area contributed by atoms with Gasteiger partial charge in [0.1, 0.15) is 5.82 Å². The standard InChI is InChI=1S/C20H14F4N6O/c21-14-6-8-16(9-7-14)30-18(20(22,23)24)17(27-28-30)19(31)25-10-13-11-26-29(12-13)15-4-2-1-3-5-15/h1-9,11-12H,10H2,(H,25,31). The summed E-state index contributed by atoms with van der Waals surface area (Å²) < 4.78 is 56.1. The zero-order valence-corrected chi connectivity index (χ0v) is 15.7. The number of nitrogens with zero attached hydrogens (tertiary/aromatic N) is 5. The van der Waals surface area contributed by atoms with Gasteiger partial charge in [-0.1, -0.05) is 23.4 Å². The Morgan fingerprint density at radius 2 is 1.71 bits per heavy atom. The van der Waals surface area contributed by atoms with Crippen LogP contribution in [0.4, 0.5) is 17.6 Å². The third-order valence-electron chi connectivity index (χ3n) is 4.33. The molecule has 31 heavy (non-hydrogen) atoms. The van der Waals surface area contributed by atoms with Crippen molar-refractivity contribution in [2.45, 2.75) is 12.7 Å². The van der Waals surface area contributed by atoms with Gasteiger partial charge in [-0.3, -0.25) is 4.79 Å². The molecule has 11 heteroatoms. The molecular formula is C20H14F4N6O. The first-order valence-electron chi connectivity index (χ1n) is 8.99. The number of carbonyl (C=O) groups is 1. The number of halogens is 4. The van der Waals surface area contributed by atoms with Crippen LogP contribution in [0.3, 0.4) is 0 Å². The van der Waals surface area contributed by atoms with Gasteiger partial charge in [-0.15, -0.1) is 5.10 Å². The summed E-state index contributed by atoms with van der Waals surface area (Å²) in [6.45, 7) is -0.0631. The molecule has 0 fully saturated rings. The summed E-state index contributed by atoms with van der Waals surface area (Å²) in [7, 11) is 0. The van der Waals surface area contributed by atoms with Crippen molar-refractivity contribution >= 4 is 5.91 Å². The van der Waals surface area contributed by atoms with Gasteiger partial charge < -0.3 is 5.32 Å². The lowest BCUT2D eigenvalue weighted by Gasteiger charge is -2.11. The monoisotopic (exact) mass is 430 g/mol. The zero-order valence-electron chi connectivity index (χ0n) is 15.7. The number of hydrogen-bond donors (Lipinski definition) is 1. The van der Waals surface area contributed by atoms with Crippen molar-refractivity contribution in [1.82, 2.24) is 30.1 Å². The first-order valence-corrected chi connectivity index (χ1v) is 8.99. The summed E-state index contributed by atoms with van der Waals surface area (Å²) in [6, 6.07) is 13.4. The van der Waals surface area contributed by atoms with Crippen molar-refractivity contribution in [3.8, 4) is 11.4 Å². The maximum Gasteiger partial charge on any atom is 0.435 e. The molecule has 2 aromatic carbocycles. The summed E-state index contributed by atoms with van der Waals surface area (Å²) in [5.41, 5.74) is -0.938. The van der Waals surface area contributed by atoms with Gasteiger partial charge >= 0.3 is 6.18 Å². The number of para-hydroxylation sites is 1. The molecule has 0 aliphatic carbocycles. The van der Waals surface area contributed by atoms with Crippen LogP contribution in [-0.2, 0) is 12.7 Å². The molecule has 4 rings (SSSR count). The number of benzene rings is 2. The molecule has 4 aromatic rings. The SMILES string of the molecule is O=C(NCc1cnn(-c2ccccc2)c1)c1nnn(-c2ccc(F)cc2)c1C(F)(F)F. The molecule has 0 radical (unpaired) electrons. The highest BCUT2D eigenvalue weighted by molar-refractivity contribution is 5.93. The number of hydrogen-bond acceptors (Lipinski definition) is 4. The Labute approximate surface area is 172 Å². The maximum absolute atomic E-state index is 13.7. The van der Waals surface area contributed by atoms with E-state index in [1.54, 1.807) is 10.9 Å². The molecule has 0 saturated heterocycles. The van der Waals surface area contributed by atoms with Crippen LogP contribution in [0.15, 0.2) is 67.0 Å². The van der Waals surface area contributed by atoms with E-state index in [1.165, 1.54) is 6.20 Å². The molecule has 2 heterocycles. The minimum Gasteiger partial charge on any atom is -0.346 e. The van der Waals surface area contributed by atoms with Crippen LogP contribution in [0.5, 0.6) is 0 Å². The van der Waals surface area contributed by atoms with E-state index in [2.05, 4.69) is 20.7 Å². The average molecular weight is 430 g/mol. The van der Waals surface area contributed by atoms with E-state index >= 15 is 0 Å². The smallest absolute Gasteiger partial charge is 0.346 e. The van der Waals surface area contributed by atoms with Crippen molar-refractivity contribution < 1.29 is 22.4 Å². The fraction of sp³-hybridized carbons (Fsp3) is 0.100. The molecule has 0 saturated carbocycles. The van der Waals surface area contributed by atoms with Gasteiger partial charge in [-0.2, -0.15) is 18.3 Å². The third-order valence-corrected chi connectivity index (χ3v) is 4.33. The van der Waals surface area contributed by atoms with Gasteiger partial charge in [0.2, 0.25) is 0 Å². The van der Waals surface area contributed by atoms with Crippen LogP contribution in [-0.4, -0.2) is 30.7 Å². The summed E-state index contributed by atoms with van der Waals surface area (Å²) in [5.74, 6) is -1.67. The lowest BCUT2D eigenvalue weighted by Crippen LogP contribution is -2.27. The number of rotatable bonds is 5. The van der Waals surface area contributed by atoms with E-state index in [-0.39, 0.29) is 12.2 Å². The molecule has 0 aliphatic heterocycles. The predicted octanol–water partition coefficient (Wildman–Crippen LogP) is 3.54. The molecule has 0 unspecified atom stereocenters. The Hall–Kier alpha value is -4.02.